The monoisotopic (exact) mass is 254 g/mol. The quantitative estimate of drug-likeness (QED) is 0.609. The molecule has 0 fully saturated rings. The summed E-state index contributed by atoms with van der Waals surface area (Å²) in [6.45, 7) is 4.51. The van der Waals surface area contributed by atoms with Crippen LogP contribution >= 0.6 is 0 Å². The smallest absolute Gasteiger partial charge is 0.233 e. The Bertz CT molecular complexity index is 327. The predicted octanol–water partition coefficient (Wildman–Crippen LogP) is 0.0139. The first-order chi connectivity index (χ1) is 8.72. The number of amides is 1. The third-order valence-corrected chi connectivity index (χ3v) is 2.50. The zero-order valence-corrected chi connectivity index (χ0v) is 11.1. The van der Waals surface area contributed by atoms with Crippen molar-refractivity contribution in [1.82, 2.24) is 20.2 Å². The molecule has 1 heterocycles. The Labute approximate surface area is 108 Å². The van der Waals surface area contributed by atoms with Gasteiger partial charge in [-0.3, -0.25) is 4.79 Å². The maximum Gasteiger partial charge on any atom is 0.233 e. The van der Waals surface area contributed by atoms with Crippen LogP contribution in [0.4, 0.5) is 0 Å². The second-order valence-corrected chi connectivity index (χ2v) is 4.24. The number of nitrogens with zero attached hydrogens (tertiary/aromatic N) is 2. The Morgan fingerprint density at radius 2 is 2.39 bits per heavy atom. The molecule has 2 N–H and O–H groups in total. The largest absolute Gasteiger partial charge is 0.385 e. The van der Waals surface area contributed by atoms with Crippen LogP contribution < -0.4 is 10.6 Å². The van der Waals surface area contributed by atoms with E-state index in [4.69, 9.17) is 4.74 Å². The summed E-state index contributed by atoms with van der Waals surface area (Å²) in [5, 5.41) is 6.00. The van der Waals surface area contributed by atoms with E-state index in [0.717, 1.165) is 13.0 Å². The standard InChI is InChI=1S/C12H22N4O2/c1-11(9-16-6-5-13-10-16)15-8-12(17)14-4-3-7-18-2/h5-6,10-11,15H,3-4,7-9H2,1-2H3,(H,14,17). The highest BCUT2D eigenvalue weighted by molar-refractivity contribution is 5.77. The molecule has 6 heteroatoms. The first kappa shape index (κ1) is 14.7. The maximum absolute atomic E-state index is 11.5. The highest BCUT2D eigenvalue weighted by Crippen LogP contribution is 1.90. The van der Waals surface area contributed by atoms with Gasteiger partial charge in [-0.1, -0.05) is 0 Å². The zero-order chi connectivity index (χ0) is 13.2. The van der Waals surface area contributed by atoms with Crippen LogP contribution in [0.2, 0.25) is 0 Å². The summed E-state index contributed by atoms with van der Waals surface area (Å²) >= 11 is 0. The van der Waals surface area contributed by atoms with Crippen molar-refractivity contribution in [2.75, 3.05) is 26.8 Å². The van der Waals surface area contributed by atoms with E-state index in [1.165, 1.54) is 0 Å². The van der Waals surface area contributed by atoms with Crippen LogP contribution in [0.5, 0.6) is 0 Å². The van der Waals surface area contributed by atoms with Gasteiger partial charge in [0.05, 0.1) is 12.9 Å². The first-order valence-corrected chi connectivity index (χ1v) is 6.17. The van der Waals surface area contributed by atoms with E-state index in [9.17, 15) is 4.79 Å². The summed E-state index contributed by atoms with van der Waals surface area (Å²) in [5.74, 6) is 0.0172. The molecule has 1 aromatic heterocycles. The SMILES string of the molecule is COCCCNC(=O)CNC(C)Cn1ccnc1. The summed E-state index contributed by atoms with van der Waals surface area (Å²) in [6, 6.07) is 0.226. The number of imidazole rings is 1. The van der Waals surface area contributed by atoms with Gasteiger partial charge in [0.1, 0.15) is 0 Å². The summed E-state index contributed by atoms with van der Waals surface area (Å²) < 4.78 is 6.89. The molecule has 0 aromatic carbocycles. The van der Waals surface area contributed by atoms with Crippen molar-refractivity contribution in [2.45, 2.75) is 25.9 Å². The predicted molar refractivity (Wildman–Crippen MR) is 69.2 cm³/mol. The Kier molecular flexibility index (Phi) is 7.05. The number of hydrogen-bond acceptors (Lipinski definition) is 4. The number of hydrogen-bond donors (Lipinski definition) is 2. The molecule has 0 saturated heterocycles. The van der Waals surface area contributed by atoms with Crippen LogP contribution in [0.1, 0.15) is 13.3 Å². The average molecular weight is 254 g/mol. The fourth-order valence-corrected chi connectivity index (χ4v) is 1.55. The molecule has 0 spiro atoms. The molecule has 18 heavy (non-hydrogen) atoms. The van der Waals surface area contributed by atoms with Gasteiger partial charge in [-0.15, -0.1) is 0 Å². The van der Waals surface area contributed by atoms with Gasteiger partial charge in [-0.25, -0.2) is 4.98 Å². The summed E-state index contributed by atoms with van der Waals surface area (Å²) in [7, 11) is 1.65. The molecule has 0 radical (unpaired) electrons. The van der Waals surface area contributed by atoms with E-state index >= 15 is 0 Å². The molecule has 0 bridgehead atoms. The van der Waals surface area contributed by atoms with Crippen LogP contribution in [-0.4, -0.2) is 48.3 Å². The van der Waals surface area contributed by atoms with Crippen molar-refractivity contribution < 1.29 is 9.53 Å². The van der Waals surface area contributed by atoms with Crippen molar-refractivity contribution in [3.05, 3.63) is 18.7 Å². The number of carbonyl (C=O) groups excluding carboxylic acids is 1. The van der Waals surface area contributed by atoms with Crippen LogP contribution in [-0.2, 0) is 16.1 Å². The highest BCUT2D eigenvalue weighted by atomic mass is 16.5. The molecule has 6 nitrogen and oxygen atoms in total. The lowest BCUT2D eigenvalue weighted by Gasteiger charge is -2.14. The van der Waals surface area contributed by atoms with Gasteiger partial charge in [0, 0.05) is 45.2 Å². The van der Waals surface area contributed by atoms with Crippen molar-refractivity contribution in [2.24, 2.45) is 0 Å². The molecular weight excluding hydrogens is 232 g/mol. The van der Waals surface area contributed by atoms with Crippen molar-refractivity contribution in [3.8, 4) is 0 Å². The zero-order valence-electron chi connectivity index (χ0n) is 11.1. The van der Waals surface area contributed by atoms with Gasteiger partial charge < -0.3 is 19.9 Å². The maximum atomic E-state index is 11.5. The Morgan fingerprint density at radius 1 is 1.56 bits per heavy atom. The molecule has 0 aliphatic rings. The second-order valence-electron chi connectivity index (χ2n) is 4.24. The lowest BCUT2D eigenvalue weighted by Crippen LogP contribution is -2.40. The van der Waals surface area contributed by atoms with E-state index < -0.39 is 0 Å². The van der Waals surface area contributed by atoms with Crippen molar-refractivity contribution >= 4 is 5.91 Å². The van der Waals surface area contributed by atoms with Crippen LogP contribution in [0.25, 0.3) is 0 Å². The normalized spacial score (nSPS) is 12.3. The highest BCUT2D eigenvalue weighted by Gasteiger charge is 2.05. The van der Waals surface area contributed by atoms with E-state index in [1.807, 2.05) is 17.7 Å². The third-order valence-electron chi connectivity index (χ3n) is 2.50. The molecule has 1 amide bonds. The first-order valence-electron chi connectivity index (χ1n) is 6.17. The van der Waals surface area contributed by atoms with Gasteiger partial charge in [-0.2, -0.15) is 0 Å². The van der Waals surface area contributed by atoms with Crippen LogP contribution in [0.15, 0.2) is 18.7 Å². The fourth-order valence-electron chi connectivity index (χ4n) is 1.55. The third kappa shape index (κ3) is 6.36. The lowest BCUT2D eigenvalue weighted by molar-refractivity contribution is -0.120. The number of rotatable bonds is 9. The fraction of sp³-hybridized carbons (Fsp3) is 0.667. The second kappa shape index (κ2) is 8.66. The molecule has 0 aliphatic carbocycles. The van der Waals surface area contributed by atoms with Crippen LogP contribution in [0, 0.1) is 0 Å². The Morgan fingerprint density at radius 3 is 3.06 bits per heavy atom. The minimum absolute atomic E-state index is 0.0172. The van der Waals surface area contributed by atoms with Gasteiger partial charge in [0.15, 0.2) is 0 Å². The minimum atomic E-state index is 0.0172. The molecule has 1 rings (SSSR count). The molecule has 1 aromatic rings. The van der Waals surface area contributed by atoms with Gasteiger partial charge >= 0.3 is 0 Å². The molecule has 0 saturated carbocycles. The lowest BCUT2D eigenvalue weighted by atomic mass is 10.3. The number of carbonyl (C=O) groups is 1. The Hall–Kier alpha value is -1.40. The van der Waals surface area contributed by atoms with Gasteiger partial charge in [-0.05, 0) is 13.3 Å². The molecular formula is C12H22N4O2. The average Bonchev–Trinajstić information content (AvgIpc) is 2.85. The molecule has 0 aliphatic heterocycles. The van der Waals surface area contributed by atoms with Crippen LogP contribution in [0.3, 0.4) is 0 Å². The summed E-state index contributed by atoms with van der Waals surface area (Å²) in [5.41, 5.74) is 0. The van der Waals surface area contributed by atoms with Gasteiger partial charge in [0.25, 0.3) is 0 Å². The number of nitrogens with one attached hydrogen (secondary N) is 2. The van der Waals surface area contributed by atoms with Gasteiger partial charge in [0.2, 0.25) is 5.91 Å². The van der Waals surface area contributed by atoms with Crippen molar-refractivity contribution in [1.29, 1.82) is 0 Å². The van der Waals surface area contributed by atoms with E-state index in [2.05, 4.69) is 15.6 Å². The van der Waals surface area contributed by atoms with E-state index in [1.54, 1.807) is 19.6 Å². The Balaban J connectivity index is 2.06. The van der Waals surface area contributed by atoms with Crippen molar-refractivity contribution in [3.63, 3.8) is 0 Å². The summed E-state index contributed by atoms with van der Waals surface area (Å²) in [6.07, 6.45) is 6.26. The molecule has 1 atom stereocenters. The number of aromatic nitrogens is 2. The van der Waals surface area contributed by atoms with E-state index in [0.29, 0.717) is 19.7 Å². The van der Waals surface area contributed by atoms with E-state index in [-0.39, 0.29) is 11.9 Å². The molecule has 102 valence electrons. The summed E-state index contributed by atoms with van der Waals surface area (Å²) in [4.78, 5) is 15.5. The number of ether oxygens (including phenoxy) is 1. The minimum Gasteiger partial charge on any atom is -0.385 e. The molecule has 1 unspecified atom stereocenters. The number of methoxy groups -OCH3 is 1. The topological polar surface area (TPSA) is 68.2 Å².